The van der Waals surface area contributed by atoms with E-state index in [0.29, 0.717) is 4.90 Å². The first-order valence-corrected chi connectivity index (χ1v) is 4.94. The second kappa shape index (κ2) is 4.35. The zero-order valence-corrected chi connectivity index (χ0v) is 8.15. The van der Waals surface area contributed by atoms with E-state index < -0.39 is 6.05 Å². The Morgan fingerprint density at radius 3 is 2.64 bits per heavy atom. The molecule has 0 atom stereocenters. The summed E-state index contributed by atoms with van der Waals surface area (Å²) in [6.07, 6.45) is 2.55. The third-order valence-corrected chi connectivity index (χ3v) is 2.41. The highest BCUT2D eigenvalue weighted by Crippen LogP contribution is 2.35. The van der Waals surface area contributed by atoms with Gasteiger partial charge in [-0.1, -0.05) is 12.1 Å². The molecule has 74 valence electrons. The average Bonchev–Trinajstić information content (AvgIpc) is 2.18. The van der Waals surface area contributed by atoms with E-state index in [-0.39, 0.29) is 5.56 Å². The smallest absolute Gasteiger partial charge is 0.211 e. The summed E-state index contributed by atoms with van der Waals surface area (Å²) in [5, 5.41) is 0. The molecule has 5 heteroatoms. The summed E-state index contributed by atoms with van der Waals surface area (Å²) >= 11 is 1.18. The minimum atomic E-state index is -3.48. The van der Waals surface area contributed by atoms with Crippen molar-refractivity contribution in [1.82, 2.24) is 0 Å². The lowest BCUT2D eigenvalue weighted by Crippen LogP contribution is -2.10. The molecule has 0 radical (unpaired) electrons. The highest BCUT2D eigenvalue weighted by atomic mass is 32.2. The zero-order chi connectivity index (χ0) is 10.6. The van der Waals surface area contributed by atoms with E-state index in [4.69, 9.17) is 0 Å². The van der Waals surface area contributed by atoms with Gasteiger partial charge in [-0.3, -0.25) is 0 Å². The Hall–Kier alpha value is -1.19. The number of rotatable bonds is 3. The van der Waals surface area contributed by atoms with Gasteiger partial charge in [-0.2, -0.15) is 8.78 Å². The molecule has 0 saturated carbocycles. The van der Waals surface area contributed by atoms with Crippen molar-refractivity contribution in [3.8, 4) is 0 Å². The summed E-state index contributed by atoms with van der Waals surface area (Å²) < 4.78 is 26.3. The van der Waals surface area contributed by atoms with Crippen LogP contribution >= 0.6 is 11.8 Å². The Bertz CT molecular complexity index is 375. The van der Waals surface area contributed by atoms with E-state index >= 15 is 0 Å². The minimum Gasteiger partial charge on any atom is -0.211 e. The average molecular weight is 215 g/mol. The Morgan fingerprint density at radius 2 is 2.07 bits per heavy atom. The topological polar surface area (TPSA) is 29.4 Å². The van der Waals surface area contributed by atoms with E-state index in [1.54, 1.807) is 18.4 Å². The summed E-state index contributed by atoms with van der Waals surface area (Å²) in [5.74, 6) is 0. The van der Waals surface area contributed by atoms with Crippen molar-refractivity contribution < 1.29 is 13.6 Å². The molecule has 0 spiro atoms. The fraction of sp³-hybridized carbons (Fsp3) is 0.222. The fourth-order valence-corrected chi connectivity index (χ4v) is 1.64. The number of nitrogens with zero attached hydrogens (tertiary/aromatic N) is 1. The second-order valence-electron chi connectivity index (χ2n) is 2.44. The lowest BCUT2D eigenvalue weighted by molar-refractivity contribution is 0.00342. The van der Waals surface area contributed by atoms with Crippen molar-refractivity contribution in [2.24, 2.45) is 4.99 Å². The van der Waals surface area contributed by atoms with Crippen LogP contribution in [0.1, 0.15) is 5.56 Å². The van der Waals surface area contributed by atoms with Gasteiger partial charge in [-0.15, -0.1) is 16.8 Å². The van der Waals surface area contributed by atoms with Crippen molar-refractivity contribution in [2.45, 2.75) is 10.9 Å². The van der Waals surface area contributed by atoms with Crippen LogP contribution < -0.4 is 0 Å². The molecule has 1 rings (SSSR count). The predicted molar refractivity (Wildman–Crippen MR) is 50.2 cm³/mol. The van der Waals surface area contributed by atoms with Crippen LogP contribution in [0, 0.1) is 0 Å². The predicted octanol–water partition coefficient (Wildman–Crippen LogP) is 2.79. The number of isocyanates is 1. The number of hydrogen-bond acceptors (Lipinski definition) is 3. The standard InChI is InChI=1S/C9H7F2NOS/c1-14-8-5-3-2-4-7(8)9(10,11)12-6-13/h2-5H,1H3. The summed E-state index contributed by atoms with van der Waals surface area (Å²) in [7, 11) is 0. The molecule has 0 aliphatic carbocycles. The van der Waals surface area contributed by atoms with Crippen molar-refractivity contribution in [3.05, 3.63) is 29.8 Å². The maximum atomic E-state index is 13.2. The van der Waals surface area contributed by atoms with Crippen LogP contribution in [0.2, 0.25) is 0 Å². The van der Waals surface area contributed by atoms with Crippen LogP contribution in [0.5, 0.6) is 0 Å². The van der Waals surface area contributed by atoms with Crippen LogP contribution in [-0.4, -0.2) is 12.3 Å². The highest BCUT2D eigenvalue weighted by molar-refractivity contribution is 7.98. The van der Waals surface area contributed by atoms with Gasteiger partial charge in [0.1, 0.15) is 0 Å². The Morgan fingerprint density at radius 1 is 1.43 bits per heavy atom. The van der Waals surface area contributed by atoms with Gasteiger partial charge < -0.3 is 0 Å². The summed E-state index contributed by atoms with van der Waals surface area (Å²) in [6, 6.07) is 2.43. The van der Waals surface area contributed by atoms with Crippen molar-refractivity contribution in [3.63, 3.8) is 0 Å². The fourth-order valence-electron chi connectivity index (χ4n) is 1.01. The third kappa shape index (κ3) is 2.19. The number of thioether (sulfide) groups is 1. The third-order valence-electron chi connectivity index (χ3n) is 1.62. The van der Waals surface area contributed by atoms with Crippen LogP contribution in [0.15, 0.2) is 34.2 Å². The van der Waals surface area contributed by atoms with Crippen molar-refractivity contribution >= 4 is 17.8 Å². The maximum Gasteiger partial charge on any atom is 0.380 e. The van der Waals surface area contributed by atoms with Gasteiger partial charge in [-0.05, 0) is 18.4 Å². The highest BCUT2D eigenvalue weighted by Gasteiger charge is 2.33. The Balaban J connectivity index is 3.23. The van der Waals surface area contributed by atoms with Gasteiger partial charge in [0.15, 0.2) is 0 Å². The SMILES string of the molecule is CSc1ccccc1C(F)(F)N=C=O. The number of hydrogen-bond donors (Lipinski definition) is 0. The van der Waals surface area contributed by atoms with Crippen molar-refractivity contribution in [1.29, 1.82) is 0 Å². The second-order valence-corrected chi connectivity index (χ2v) is 3.29. The first-order chi connectivity index (χ1) is 6.61. The Kier molecular flexibility index (Phi) is 3.38. The van der Waals surface area contributed by atoms with Crippen LogP contribution in [0.25, 0.3) is 0 Å². The monoisotopic (exact) mass is 215 g/mol. The molecule has 0 saturated heterocycles. The number of halogens is 2. The van der Waals surface area contributed by atoms with Gasteiger partial charge in [0.05, 0.1) is 5.56 Å². The molecule has 1 aromatic carbocycles. The molecule has 0 aliphatic rings. The van der Waals surface area contributed by atoms with E-state index in [0.717, 1.165) is 6.08 Å². The molecule has 0 bridgehead atoms. The molecule has 2 nitrogen and oxygen atoms in total. The molecule has 0 N–H and O–H groups in total. The summed E-state index contributed by atoms with van der Waals surface area (Å²) in [4.78, 5) is 12.7. The van der Waals surface area contributed by atoms with Gasteiger partial charge in [0.25, 0.3) is 0 Å². The normalized spacial score (nSPS) is 10.8. The molecular formula is C9H7F2NOS. The maximum absolute atomic E-state index is 13.2. The van der Waals surface area contributed by atoms with Crippen LogP contribution in [-0.2, 0) is 10.8 Å². The largest absolute Gasteiger partial charge is 0.380 e. The number of carbonyl (C=O) groups excluding carboxylic acids is 1. The molecule has 14 heavy (non-hydrogen) atoms. The first kappa shape index (κ1) is 10.9. The number of alkyl halides is 2. The molecule has 0 aliphatic heterocycles. The van der Waals surface area contributed by atoms with Gasteiger partial charge in [0, 0.05) is 4.90 Å². The number of aliphatic imine (C=N–C) groups is 1. The lowest BCUT2D eigenvalue weighted by Gasteiger charge is -2.12. The van der Waals surface area contributed by atoms with Crippen molar-refractivity contribution in [2.75, 3.05) is 6.26 Å². The van der Waals surface area contributed by atoms with Gasteiger partial charge >= 0.3 is 6.05 Å². The molecule has 0 fully saturated rings. The van der Waals surface area contributed by atoms with E-state index in [9.17, 15) is 13.6 Å². The van der Waals surface area contributed by atoms with Crippen LogP contribution in [0.4, 0.5) is 8.78 Å². The molecular weight excluding hydrogens is 208 g/mol. The molecule has 0 unspecified atom stereocenters. The first-order valence-electron chi connectivity index (χ1n) is 3.72. The Labute approximate surface area is 84.0 Å². The summed E-state index contributed by atoms with van der Waals surface area (Å²) in [6.45, 7) is 0. The molecule has 0 heterocycles. The van der Waals surface area contributed by atoms with Gasteiger partial charge in [-0.25, -0.2) is 4.79 Å². The zero-order valence-electron chi connectivity index (χ0n) is 7.33. The molecule has 1 aromatic rings. The number of benzene rings is 1. The quantitative estimate of drug-likeness (QED) is 0.336. The lowest BCUT2D eigenvalue weighted by atomic mass is 10.2. The molecule has 0 amide bonds. The minimum absolute atomic E-state index is 0.268. The molecule has 0 aromatic heterocycles. The van der Waals surface area contributed by atoms with E-state index in [1.807, 2.05) is 0 Å². The van der Waals surface area contributed by atoms with E-state index in [1.165, 1.54) is 23.9 Å². The van der Waals surface area contributed by atoms with E-state index in [2.05, 4.69) is 4.99 Å². The van der Waals surface area contributed by atoms with Gasteiger partial charge in [0.2, 0.25) is 6.08 Å². The van der Waals surface area contributed by atoms with Crippen LogP contribution in [0.3, 0.4) is 0 Å². The summed E-state index contributed by atoms with van der Waals surface area (Å²) in [5.41, 5.74) is -0.268.